The lowest BCUT2D eigenvalue weighted by atomic mass is 9.79. The van der Waals surface area contributed by atoms with Crippen LogP contribution in [0.25, 0.3) is 5.69 Å². The maximum atomic E-state index is 13.3. The van der Waals surface area contributed by atoms with Crippen molar-refractivity contribution >= 4 is 29.9 Å². The lowest BCUT2D eigenvalue weighted by molar-refractivity contribution is 0.0532. The Hall–Kier alpha value is -1.56. The number of nitrogens with two attached hydrogens (primary N) is 1. The monoisotopic (exact) mass is 422 g/mol. The zero-order valence-corrected chi connectivity index (χ0v) is 18.2. The molecule has 1 aliphatic heterocycles. The smallest absolute Gasteiger partial charge is 0.257 e. The van der Waals surface area contributed by atoms with Gasteiger partial charge in [0.1, 0.15) is 0 Å². The molecule has 4 rings (SSSR count). The van der Waals surface area contributed by atoms with Gasteiger partial charge in [-0.05, 0) is 49.3 Å². The van der Waals surface area contributed by atoms with Crippen molar-refractivity contribution in [3.8, 4) is 5.69 Å². The van der Waals surface area contributed by atoms with Crippen LogP contribution in [0.1, 0.15) is 60.6 Å². The summed E-state index contributed by atoms with van der Waals surface area (Å²) < 4.78 is 1.90. The van der Waals surface area contributed by atoms with Gasteiger partial charge in [-0.25, -0.2) is 4.68 Å². The molecule has 0 spiro atoms. The van der Waals surface area contributed by atoms with E-state index in [1.54, 1.807) is 6.20 Å². The first-order chi connectivity index (χ1) is 12.8. The van der Waals surface area contributed by atoms with E-state index in [-0.39, 0.29) is 29.8 Å². The van der Waals surface area contributed by atoms with Crippen LogP contribution in [-0.4, -0.2) is 39.7 Å². The quantitative estimate of drug-likeness (QED) is 0.799. The number of amides is 1. The molecule has 2 N–H and O–H groups in total. The molecule has 2 aromatic rings. The minimum absolute atomic E-state index is 0. The van der Waals surface area contributed by atoms with Gasteiger partial charge in [0.2, 0.25) is 0 Å². The van der Waals surface area contributed by atoms with Crippen molar-refractivity contribution in [1.29, 1.82) is 0 Å². The van der Waals surface area contributed by atoms with Gasteiger partial charge in [0.25, 0.3) is 5.91 Å². The number of piperidine rings is 1. The minimum atomic E-state index is -0.0753. The number of nitrogens with zero attached hydrogens (tertiary/aromatic N) is 3. The Labute approximate surface area is 177 Å². The van der Waals surface area contributed by atoms with Crippen LogP contribution in [0.15, 0.2) is 24.4 Å². The first kappa shape index (κ1) is 21.2. The number of aryl methyl sites for hydroxylation is 1. The summed E-state index contributed by atoms with van der Waals surface area (Å²) in [6, 6.07) is 6.05. The molecule has 0 radical (unpaired) electrons. The number of carbonyl (C=O) groups excluding carboxylic acids is 1. The minimum Gasteiger partial charge on any atom is -0.338 e. The molecule has 0 bridgehead atoms. The zero-order valence-electron chi connectivity index (χ0n) is 16.6. The molecular weight excluding hydrogens is 395 g/mol. The number of aromatic nitrogens is 2. The van der Waals surface area contributed by atoms with E-state index >= 15 is 0 Å². The maximum absolute atomic E-state index is 13.3. The van der Waals surface area contributed by atoms with Crippen LogP contribution in [-0.2, 0) is 0 Å². The summed E-state index contributed by atoms with van der Waals surface area (Å²) in [6.45, 7) is 7.63. The highest BCUT2D eigenvalue weighted by Gasteiger charge is 2.39. The predicted octanol–water partition coefficient (Wildman–Crippen LogP) is 4.33. The summed E-state index contributed by atoms with van der Waals surface area (Å²) in [4.78, 5) is 15.3. The number of carbonyl (C=O) groups is 1. The molecule has 152 valence electrons. The fraction of sp³-hybridized carbons (Fsp3) is 0.524. The van der Waals surface area contributed by atoms with Gasteiger partial charge in [-0.1, -0.05) is 31.5 Å². The molecule has 28 heavy (non-hydrogen) atoms. The third-order valence-electron chi connectivity index (χ3n) is 6.00. The SMILES string of the molecule is Cc1ccc(-n2ncc(C(=O)N3CCC(N)C(C)(C)C3)c2C2CC2)cc1Cl.Cl. The van der Waals surface area contributed by atoms with Crippen LogP contribution in [0.4, 0.5) is 0 Å². The molecule has 7 heteroatoms. The van der Waals surface area contributed by atoms with Crippen molar-refractivity contribution in [2.24, 2.45) is 11.1 Å². The largest absolute Gasteiger partial charge is 0.338 e. The Balaban J connectivity index is 0.00000225. The van der Waals surface area contributed by atoms with Gasteiger partial charge in [-0.2, -0.15) is 5.10 Å². The van der Waals surface area contributed by atoms with Crippen molar-refractivity contribution in [3.05, 3.63) is 46.2 Å². The first-order valence-electron chi connectivity index (χ1n) is 9.67. The second-order valence-corrected chi connectivity index (χ2v) is 9.08. The zero-order chi connectivity index (χ0) is 19.3. The summed E-state index contributed by atoms with van der Waals surface area (Å²) >= 11 is 6.32. The summed E-state index contributed by atoms with van der Waals surface area (Å²) in [6.07, 6.45) is 4.76. The summed E-state index contributed by atoms with van der Waals surface area (Å²) in [5.74, 6) is 0.466. The number of benzene rings is 1. The second-order valence-electron chi connectivity index (χ2n) is 8.67. The molecule has 1 aromatic carbocycles. The van der Waals surface area contributed by atoms with E-state index in [0.717, 1.165) is 41.8 Å². The van der Waals surface area contributed by atoms with Crippen molar-refractivity contribution in [3.63, 3.8) is 0 Å². The lowest BCUT2D eigenvalue weighted by Crippen LogP contribution is -2.54. The number of hydrogen-bond donors (Lipinski definition) is 1. The highest BCUT2D eigenvalue weighted by molar-refractivity contribution is 6.31. The summed E-state index contributed by atoms with van der Waals surface area (Å²) in [7, 11) is 0. The van der Waals surface area contributed by atoms with E-state index in [0.29, 0.717) is 24.0 Å². The van der Waals surface area contributed by atoms with Crippen molar-refractivity contribution < 1.29 is 4.79 Å². The number of halogens is 2. The van der Waals surface area contributed by atoms with Gasteiger partial charge in [-0.3, -0.25) is 4.79 Å². The Morgan fingerprint density at radius 2 is 2.00 bits per heavy atom. The molecule has 1 unspecified atom stereocenters. The van der Waals surface area contributed by atoms with E-state index in [9.17, 15) is 4.79 Å². The molecule has 1 saturated heterocycles. The van der Waals surface area contributed by atoms with Crippen molar-refractivity contribution in [2.75, 3.05) is 13.1 Å². The summed E-state index contributed by atoms with van der Waals surface area (Å²) in [5.41, 5.74) is 9.85. The van der Waals surface area contributed by atoms with E-state index in [1.165, 1.54) is 0 Å². The number of rotatable bonds is 3. The second kappa shape index (κ2) is 7.69. The van der Waals surface area contributed by atoms with Gasteiger partial charge in [0.15, 0.2) is 0 Å². The first-order valence-corrected chi connectivity index (χ1v) is 10.0. The Bertz CT molecular complexity index is 889. The molecule has 1 saturated carbocycles. The fourth-order valence-electron chi connectivity index (χ4n) is 3.91. The average molecular weight is 423 g/mol. The standard InChI is InChI=1S/C21H27ClN4O.ClH/c1-13-4-7-15(10-17(13)22)26-19(14-5-6-14)16(11-24-26)20(27)25-9-8-18(23)21(2,3)12-25;/h4,7,10-11,14,18H,5-6,8-9,12,23H2,1-3H3;1H. The number of hydrogen-bond acceptors (Lipinski definition) is 3. The van der Waals surface area contributed by atoms with Crippen LogP contribution in [0.5, 0.6) is 0 Å². The Kier molecular flexibility index (Phi) is 5.81. The normalized spacial score (nSPS) is 21.3. The third kappa shape index (κ3) is 3.80. The molecule has 1 amide bonds. The topological polar surface area (TPSA) is 64.2 Å². The van der Waals surface area contributed by atoms with Crippen LogP contribution in [0.2, 0.25) is 5.02 Å². The highest BCUT2D eigenvalue weighted by atomic mass is 35.5. The van der Waals surface area contributed by atoms with E-state index in [2.05, 4.69) is 18.9 Å². The van der Waals surface area contributed by atoms with Crippen molar-refractivity contribution in [1.82, 2.24) is 14.7 Å². The van der Waals surface area contributed by atoms with Gasteiger partial charge in [-0.15, -0.1) is 12.4 Å². The van der Waals surface area contributed by atoms with Crippen LogP contribution in [0.3, 0.4) is 0 Å². The molecule has 1 aliphatic carbocycles. The van der Waals surface area contributed by atoms with Crippen LogP contribution >= 0.6 is 24.0 Å². The predicted molar refractivity (Wildman–Crippen MR) is 115 cm³/mol. The van der Waals surface area contributed by atoms with Gasteiger partial charge >= 0.3 is 0 Å². The lowest BCUT2D eigenvalue weighted by Gasteiger charge is -2.42. The molecular formula is C21H28Cl2N4O. The average Bonchev–Trinajstić information content (AvgIpc) is 3.37. The van der Waals surface area contributed by atoms with Gasteiger partial charge < -0.3 is 10.6 Å². The molecule has 1 aromatic heterocycles. The van der Waals surface area contributed by atoms with Crippen LogP contribution < -0.4 is 5.73 Å². The number of likely N-dealkylation sites (tertiary alicyclic amines) is 1. The van der Waals surface area contributed by atoms with E-state index in [1.807, 2.05) is 34.7 Å². The third-order valence-corrected chi connectivity index (χ3v) is 6.41. The Morgan fingerprint density at radius 3 is 2.61 bits per heavy atom. The maximum Gasteiger partial charge on any atom is 0.257 e. The Morgan fingerprint density at radius 1 is 1.29 bits per heavy atom. The molecule has 2 heterocycles. The molecule has 1 atom stereocenters. The van der Waals surface area contributed by atoms with Gasteiger partial charge in [0, 0.05) is 30.1 Å². The van der Waals surface area contributed by atoms with Crippen molar-refractivity contribution in [2.45, 2.75) is 52.0 Å². The fourth-order valence-corrected chi connectivity index (χ4v) is 4.08. The van der Waals surface area contributed by atoms with Crippen LogP contribution in [0, 0.1) is 12.3 Å². The highest BCUT2D eigenvalue weighted by Crippen LogP contribution is 2.43. The molecule has 5 nitrogen and oxygen atoms in total. The van der Waals surface area contributed by atoms with Gasteiger partial charge in [0.05, 0.1) is 23.1 Å². The van der Waals surface area contributed by atoms with E-state index in [4.69, 9.17) is 17.3 Å². The summed E-state index contributed by atoms with van der Waals surface area (Å²) in [5, 5.41) is 5.28. The van der Waals surface area contributed by atoms with E-state index < -0.39 is 0 Å². The molecule has 2 aliphatic rings. The molecule has 2 fully saturated rings.